The van der Waals surface area contributed by atoms with Crippen LogP contribution in [0.4, 0.5) is 0 Å². The predicted octanol–water partition coefficient (Wildman–Crippen LogP) is 0.582. The van der Waals surface area contributed by atoms with Crippen molar-refractivity contribution < 1.29 is 14.7 Å². The van der Waals surface area contributed by atoms with E-state index in [0.29, 0.717) is 0 Å². The van der Waals surface area contributed by atoms with E-state index >= 15 is 0 Å². The second-order valence-electron chi connectivity index (χ2n) is 4.51. The summed E-state index contributed by atoms with van der Waals surface area (Å²) in [6.07, 6.45) is 1.73. The number of rotatable bonds is 4. The van der Waals surface area contributed by atoms with Crippen LogP contribution in [-0.2, 0) is 16.0 Å². The van der Waals surface area contributed by atoms with Gasteiger partial charge in [0, 0.05) is 18.3 Å². The molecule has 6 nitrogen and oxygen atoms in total. The van der Waals surface area contributed by atoms with E-state index in [1.165, 1.54) is 25.8 Å². The maximum Gasteiger partial charge on any atom is 0.329 e. The molecular weight excluding hydrogens is 222 g/mol. The summed E-state index contributed by atoms with van der Waals surface area (Å²) < 4.78 is 0. The largest absolute Gasteiger partial charge is 0.480 e. The van der Waals surface area contributed by atoms with Crippen molar-refractivity contribution in [2.45, 2.75) is 32.7 Å². The Kier molecular flexibility index (Phi) is 3.55. The minimum absolute atomic E-state index is 0.148. The minimum atomic E-state index is -1.21. The molecule has 0 aliphatic heterocycles. The summed E-state index contributed by atoms with van der Waals surface area (Å²) in [5.74, 6) is -1.28. The zero-order chi connectivity index (χ0) is 13.2. The Morgan fingerprint density at radius 3 is 2.53 bits per heavy atom. The van der Waals surface area contributed by atoms with Crippen LogP contribution in [0.2, 0.25) is 0 Å². The Morgan fingerprint density at radius 2 is 2.12 bits per heavy atom. The van der Waals surface area contributed by atoms with Crippen molar-refractivity contribution in [1.82, 2.24) is 15.1 Å². The van der Waals surface area contributed by atoms with Gasteiger partial charge in [0.25, 0.3) is 0 Å². The molecule has 1 amide bonds. The smallest absolute Gasteiger partial charge is 0.329 e. The third kappa shape index (κ3) is 2.64. The highest BCUT2D eigenvalue weighted by Gasteiger charge is 2.35. The maximum absolute atomic E-state index is 11.9. The number of carbonyl (C=O) groups excluding carboxylic acids is 1. The van der Waals surface area contributed by atoms with E-state index < -0.39 is 11.5 Å². The minimum Gasteiger partial charge on any atom is -0.480 e. The fraction of sp³-hybridized carbons (Fsp3) is 0.545. The first-order chi connectivity index (χ1) is 7.76. The van der Waals surface area contributed by atoms with E-state index in [1.807, 2.05) is 6.92 Å². The van der Waals surface area contributed by atoms with Gasteiger partial charge in [-0.2, -0.15) is 5.10 Å². The molecule has 17 heavy (non-hydrogen) atoms. The highest BCUT2D eigenvalue weighted by Crippen LogP contribution is 2.15. The Labute approximate surface area is 99.6 Å². The number of aromatic amines is 1. The van der Waals surface area contributed by atoms with E-state index in [0.717, 1.165) is 11.3 Å². The SMILES string of the molecule is Cc1[nH]ncc1CC(=O)N(C)C(C)(C)C(=O)O. The molecule has 0 aliphatic carbocycles. The van der Waals surface area contributed by atoms with Crippen molar-refractivity contribution in [2.24, 2.45) is 0 Å². The van der Waals surface area contributed by atoms with Crippen LogP contribution in [0.5, 0.6) is 0 Å². The zero-order valence-electron chi connectivity index (χ0n) is 10.4. The molecule has 0 saturated heterocycles. The van der Waals surface area contributed by atoms with Crippen LogP contribution >= 0.6 is 0 Å². The number of amides is 1. The lowest BCUT2D eigenvalue weighted by Crippen LogP contribution is -2.51. The van der Waals surface area contributed by atoms with Gasteiger partial charge >= 0.3 is 5.97 Å². The van der Waals surface area contributed by atoms with Crippen LogP contribution in [-0.4, -0.2) is 44.7 Å². The van der Waals surface area contributed by atoms with Gasteiger partial charge in [0.05, 0.1) is 12.6 Å². The summed E-state index contributed by atoms with van der Waals surface area (Å²) in [4.78, 5) is 24.2. The van der Waals surface area contributed by atoms with Crippen LogP contribution in [0.25, 0.3) is 0 Å². The molecule has 0 bridgehead atoms. The Balaban J connectivity index is 2.78. The summed E-state index contributed by atoms with van der Waals surface area (Å²) in [6, 6.07) is 0. The van der Waals surface area contributed by atoms with Gasteiger partial charge in [0.1, 0.15) is 5.54 Å². The molecule has 1 heterocycles. The molecule has 0 saturated carbocycles. The average Bonchev–Trinajstić information content (AvgIpc) is 2.63. The summed E-state index contributed by atoms with van der Waals surface area (Å²) in [5.41, 5.74) is 0.386. The number of H-pyrrole nitrogens is 1. The van der Waals surface area contributed by atoms with Crippen molar-refractivity contribution >= 4 is 11.9 Å². The van der Waals surface area contributed by atoms with Gasteiger partial charge in [-0.05, 0) is 20.8 Å². The van der Waals surface area contributed by atoms with E-state index in [2.05, 4.69) is 10.2 Å². The Morgan fingerprint density at radius 1 is 1.53 bits per heavy atom. The van der Waals surface area contributed by atoms with Crippen LogP contribution in [0.15, 0.2) is 6.20 Å². The van der Waals surface area contributed by atoms with Crippen molar-refractivity contribution in [3.63, 3.8) is 0 Å². The number of aliphatic carboxylic acids is 1. The quantitative estimate of drug-likeness (QED) is 0.804. The van der Waals surface area contributed by atoms with Gasteiger partial charge in [-0.3, -0.25) is 9.89 Å². The fourth-order valence-corrected chi connectivity index (χ4v) is 1.29. The normalized spacial score (nSPS) is 11.3. The van der Waals surface area contributed by atoms with Gasteiger partial charge in [-0.1, -0.05) is 0 Å². The number of nitrogens with zero attached hydrogens (tertiary/aromatic N) is 2. The van der Waals surface area contributed by atoms with Gasteiger partial charge in [-0.15, -0.1) is 0 Å². The number of hydrogen-bond acceptors (Lipinski definition) is 3. The summed E-state index contributed by atoms with van der Waals surface area (Å²) in [7, 11) is 1.49. The number of aromatic nitrogens is 2. The number of carboxylic acid groups (broad SMARTS) is 1. The predicted molar refractivity (Wildman–Crippen MR) is 61.5 cm³/mol. The molecule has 0 spiro atoms. The third-order valence-electron chi connectivity index (χ3n) is 3.01. The van der Waals surface area contributed by atoms with Gasteiger partial charge in [0.2, 0.25) is 5.91 Å². The molecule has 0 fully saturated rings. The van der Waals surface area contributed by atoms with E-state index in [1.54, 1.807) is 6.20 Å². The number of carboxylic acids is 1. The fourth-order valence-electron chi connectivity index (χ4n) is 1.29. The summed E-state index contributed by atoms with van der Waals surface area (Å²) in [6.45, 7) is 4.81. The van der Waals surface area contributed by atoms with Gasteiger partial charge in [-0.25, -0.2) is 4.79 Å². The third-order valence-corrected chi connectivity index (χ3v) is 3.01. The first-order valence-corrected chi connectivity index (χ1v) is 5.25. The second-order valence-corrected chi connectivity index (χ2v) is 4.51. The highest BCUT2D eigenvalue weighted by atomic mass is 16.4. The van der Waals surface area contributed by atoms with E-state index in [4.69, 9.17) is 5.11 Å². The van der Waals surface area contributed by atoms with E-state index in [-0.39, 0.29) is 12.3 Å². The number of carbonyl (C=O) groups is 2. The molecule has 94 valence electrons. The standard InChI is InChI=1S/C11H17N3O3/c1-7-8(6-12-13-7)5-9(15)14(4)11(2,3)10(16)17/h6H,5H2,1-4H3,(H,12,13)(H,16,17). The van der Waals surface area contributed by atoms with E-state index in [9.17, 15) is 9.59 Å². The molecular formula is C11H17N3O3. The molecule has 0 aromatic carbocycles. The van der Waals surface area contributed by atoms with Crippen molar-refractivity contribution in [2.75, 3.05) is 7.05 Å². The topological polar surface area (TPSA) is 86.3 Å². The molecule has 1 rings (SSSR count). The lowest BCUT2D eigenvalue weighted by molar-refractivity contribution is -0.155. The molecule has 0 atom stereocenters. The Hall–Kier alpha value is -1.85. The monoisotopic (exact) mass is 239 g/mol. The molecule has 6 heteroatoms. The number of hydrogen-bond donors (Lipinski definition) is 2. The summed E-state index contributed by atoms with van der Waals surface area (Å²) in [5, 5.41) is 15.6. The van der Waals surface area contributed by atoms with Gasteiger partial charge in [0.15, 0.2) is 0 Å². The maximum atomic E-state index is 11.9. The van der Waals surface area contributed by atoms with Crippen LogP contribution in [0, 0.1) is 6.92 Å². The van der Waals surface area contributed by atoms with Crippen LogP contribution < -0.4 is 0 Å². The lowest BCUT2D eigenvalue weighted by Gasteiger charge is -2.31. The first kappa shape index (κ1) is 13.2. The number of aryl methyl sites for hydroxylation is 1. The number of likely N-dealkylation sites (N-methyl/N-ethyl adjacent to an activating group) is 1. The molecule has 0 unspecified atom stereocenters. The van der Waals surface area contributed by atoms with Crippen LogP contribution in [0.3, 0.4) is 0 Å². The zero-order valence-corrected chi connectivity index (χ0v) is 10.4. The number of nitrogens with one attached hydrogen (secondary N) is 1. The average molecular weight is 239 g/mol. The molecule has 1 aromatic rings. The molecule has 0 aliphatic rings. The molecule has 0 radical (unpaired) electrons. The van der Waals surface area contributed by atoms with Gasteiger partial charge < -0.3 is 10.0 Å². The first-order valence-electron chi connectivity index (χ1n) is 5.25. The van der Waals surface area contributed by atoms with Crippen molar-refractivity contribution in [3.8, 4) is 0 Å². The Bertz CT molecular complexity index is 437. The molecule has 2 N–H and O–H groups in total. The van der Waals surface area contributed by atoms with Crippen molar-refractivity contribution in [1.29, 1.82) is 0 Å². The molecule has 1 aromatic heterocycles. The van der Waals surface area contributed by atoms with Crippen LogP contribution in [0.1, 0.15) is 25.1 Å². The summed E-state index contributed by atoms with van der Waals surface area (Å²) >= 11 is 0. The lowest BCUT2D eigenvalue weighted by atomic mass is 10.0. The second kappa shape index (κ2) is 4.57. The van der Waals surface area contributed by atoms with Crippen molar-refractivity contribution in [3.05, 3.63) is 17.5 Å². The highest BCUT2D eigenvalue weighted by molar-refractivity contribution is 5.87.